The highest BCUT2D eigenvalue weighted by atomic mass is 16.5. The van der Waals surface area contributed by atoms with Gasteiger partial charge in [-0.2, -0.15) is 4.99 Å². The maximum absolute atomic E-state index is 12.5. The largest absolute Gasteiger partial charge is 0.493 e. The van der Waals surface area contributed by atoms with Gasteiger partial charge in [0.2, 0.25) is 5.91 Å². The molecule has 7 heteroatoms. The molecular weight excluding hydrogens is 310 g/mol. The first kappa shape index (κ1) is 15.9. The third kappa shape index (κ3) is 2.92. The van der Waals surface area contributed by atoms with Crippen molar-refractivity contribution in [3.05, 3.63) is 35.9 Å². The number of benzene rings is 1. The molecule has 2 aliphatic heterocycles. The fourth-order valence-corrected chi connectivity index (χ4v) is 2.64. The Kier molecular flexibility index (Phi) is 4.41. The summed E-state index contributed by atoms with van der Waals surface area (Å²) in [5.41, 5.74) is 0.931. The summed E-state index contributed by atoms with van der Waals surface area (Å²) in [4.78, 5) is 33.6. The van der Waals surface area contributed by atoms with Crippen molar-refractivity contribution in [2.75, 3.05) is 20.8 Å². The number of amidine groups is 1. The summed E-state index contributed by atoms with van der Waals surface area (Å²) in [6.07, 6.45) is 5.41. The standard InChI is InChI=1S/C17H17N3O4/c1-23-13-6-5-11(10-14(13)24-2)7-9-20-16(21)12-4-3-8-18-15(12)19-17(20)22/h3-6,8,10,12H,7,9H2,1-2H3. The van der Waals surface area contributed by atoms with Crippen molar-refractivity contribution in [3.63, 3.8) is 0 Å². The highest BCUT2D eigenvalue weighted by Crippen LogP contribution is 2.28. The number of carbonyl (C=O) groups excluding carboxylic acids is 2. The van der Waals surface area contributed by atoms with Gasteiger partial charge >= 0.3 is 6.03 Å². The van der Waals surface area contributed by atoms with E-state index in [2.05, 4.69) is 9.98 Å². The molecule has 1 atom stereocenters. The van der Waals surface area contributed by atoms with E-state index >= 15 is 0 Å². The highest BCUT2D eigenvalue weighted by molar-refractivity contribution is 6.19. The van der Waals surface area contributed by atoms with Gasteiger partial charge in [-0.1, -0.05) is 12.1 Å². The summed E-state index contributed by atoms with van der Waals surface area (Å²) in [7, 11) is 3.13. The minimum Gasteiger partial charge on any atom is -0.493 e. The van der Waals surface area contributed by atoms with Crippen LogP contribution in [-0.4, -0.2) is 49.7 Å². The number of hydrogen-bond acceptors (Lipinski definition) is 5. The topological polar surface area (TPSA) is 80.6 Å². The summed E-state index contributed by atoms with van der Waals surface area (Å²) in [6, 6.07) is 4.93. The zero-order valence-electron chi connectivity index (χ0n) is 13.4. The van der Waals surface area contributed by atoms with Crippen LogP contribution in [0.4, 0.5) is 4.79 Å². The molecule has 1 unspecified atom stereocenters. The Labute approximate surface area is 139 Å². The van der Waals surface area contributed by atoms with Crippen molar-refractivity contribution in [2.24, 2.45) is 15.9 Å². The molecule has 7 nitrogen and oxygen atoms in total. The van der Waals surface area contributed by atoms with Crippen molar-refractivity contribution in [1.82, 2.24) is 4.90 Å². The van der Waals surface area contributed by atoms with Crippen LogP contribution in [0, 0.1) is 5.92 Å². The molecule has 1 aromatic rings. The zero-order chi connectivity index (χ0) is 17.1. The first-order chi connectivity index (χ1) is 11.6. The number of rotatable bonds is 5. The van der Waals surface area contributed by atoms with E-state index in [1.807, 2.05) is 12.1 Å². The van der Waals surface area contributed by atoms with Gasteiger partial charge in [0.15, 0.2) is 11.5 Å². The molecule has 0 fully saturated rings. The number of amides is 3. The third-order valence-electron chi connectivity index (χ3n) is 3.92. The number of methoxy groups -OCH3 is 2. The summed E-state index contributed by atoms with van der Waals surface area (Å²) in [5, 5.41) is 0. The predicted octanol–water partition coefficient (Wildman–Crippen LogP) is 1.86. The number of urea groups is 1. The maximum Gasteiger partial charge on any atom is 0.352 e. The van der Waals surface area contributed by atoms with Gasteiger partial charge in [-0.05, 0) is 30.2 Å². The monoisotopic (exact) mass is 327 g/mol. The molecule has 1 aromatic carbocycles. The number of allylic oxidation sites excluding steroid dienone is 1. The minimum atomic E-state index is -0.571. The van der Waals surface area contributed by atoms with Gasteiger partial charge in [-0.15, -0.1) is 0 Å². The number of hydrogen-bond donors (Lipinski definition) is 0. The van der Waals surface area contributed by atoms with Crippen LogP contribution in [0.25, 0.3) is 0 Å². The van der Waals surface area contributed by atoms with Gasteiger partial charge in [0.05, 0.1) is 14.2 Å². The van der Waals surface area contributed by atoms with Gasteiger partial charge in [-0.25, -0.2) is 9.79 Å². The lowest BCUT2D eigenvalue weighted by Gasteiger charge is -2.27. The Morgan fingerprint density at radius 3 is 2.71 bits per heavy atom. The van der Waals surface area contributed by atoms with Crippen molar-refractivity contribution in [2.45, 2.75) is 6.42 Å². The van der Waals surface area contributed by atoms with Crippen LogP contribution < -0.4 is 9.47 Å². The van der Waals surface area contributed by atoms with Crippen LogP contribution in [-0.2, 0) is 11.2 Å². The first-order valence-corrected chi connectivity index (χ1v) is 7.49. The smallest absolute Gasteiger partial charge is 0.352 e. The lowest BCUT2D eigenvalue weighted by Crippen LogP contribution is -2.46. The van der Waals surface area contributed by atoms with Gasteiger partial charge in [0.1, 0.15) is 11.8 Å². The zero-order valence-corrected chi connectivity index (χ0v) is 13.4. The Hall–Kier alpha value is -2.96. The SMILES string of the molecule is COc1ccc(CCN2C(=O)N=C3N=CC=CC3C2=O)cc1OC. The molecule has 0 radical (unpaired) electrons. The number of carbonyl (C=O) groups is 2. The lowest BCUT2D eigenvalue weighted by atomic mass is 10.0. The van der Waals surface area contributed by atoms with E-state index in [1.54, 1.807) is 32.4 Å². The normalized spacial score (nSPS) is 19.2. The molecule has 0 N–H and O–H groups in total. The second kappa shape index (κ2) is 6.66. The van der Waals surface area contributed by atoms with E-state index in [1.165, 1.54) is 6.21 Å². The third-order valence-corrected chi connectivity index (χ3v) is 3.92. The molecule has 0 saturated carbocycles. The number of nitrogens with zero attached hydrogens (tertiary/aromatic N) is 3. The van der Waals surface area contributed by atoms with E-state index in [9.17, 15) is 9.59 Å². The van der Waals surface area contributed by atoms with Gasteiger partial charge in [0.25, 0.3) is 0 Å². The van der Waals surface area contributed by atoms with Gasteiger partial charge in [-0.3, -0.25) is 9.69 Å². The van der Waals surface area contributed by atoms with Crippen LogP contribution in [0.15, 0.2) is 40.3 Å². The van der Waals surface area contributed by atoms with Crippen molar-refractivity contribution < 1.29 is 19.1 Å². The number of aliphatic imine (C=N–C) groups is 2. The van der Waals surface area contributed by atoms with E-state index in [4.69, 9.17) is 9.47 Å². The summed E-state index contributed by atoms with van der Waals surface area (Å²) in [5.74, 6) is 0.633. The Morgan fingerprint density at radius 1 is 1.17 bits per heavy atom. The Bertz CT molecular complexity index is 767. The minimum absolute atomic E-state index is 0.248. The number of ether oxygens (including phenoxy) is 2. The van der Waals surface area contributed by atoms with Crippen LogP contribution in [0.1, 0.15) is 5.56 Å². The van der Waals surface area contributed by atoms with Crippen molar-refractivity contribution in [1.29, 1.82) is 0 Å². The van der Waals surface area contributed by atoms with Crippen molar-refractivity contribution in [3.8, 4) is 11.5 Å². The average molecular weight is 327 g/mol. The molecular formula is C17H17N3O4. The molecule has 0 aliphatic carbocycles. The van der Waals surface area contributed by atoms with Gasteiger partial charge in [0, 0.05) is 12.8 Å². The fourth-order valence-electron chi connectivity index (χ4n) is 2.64. The van der Waals surface area contributed by atoms with Crippen LogP contribution >= 0.6 is 0 Å². The maximum atomic E-state index is 12.5. The highest BCUT2D eigenvalue weighted by Gasteiger charge is 2.36. The molecule has 24 heavy (non-hydrogen) atoms. The summed E-state index contributed by atoms with van der Waals surface area (Å²) >= 11 is 0. The van der Waals surface area contributed by atoms with Crippen molar-refractivity contribution >= 4 is 24.0 Å². The second-order valence-electron chi connectivity index (χ2n) is 5.32. The van der Waals surface area contributed by atoms with E-state index < -0.39 is 11.9 Å². The summed E-state index contributed by atoms with van der Waals surface area (Å²) < 4.78 is 10.5. The van der Waals surface area contributed by atoms with Gasteiger partial charge < -0.3 is 9.47 Å². The van der Waals surface area contributed by atoms with E-state index in [0.29, 0.717) is 17.9 Å². The quantitative estimate of drug-likeness (QED) is 0.827. The van der Waals surface area contributed by atoms with Crippen LogP contribution in [0.3, 0.4) is 0 Å². The molecule has 0 spiro atoms. The molecule has 2 heterocycles. The number of dihydropyridines is 1. The molecule has 3 rings (SSSR count). The predicted molar refractivity (Wildman–Crippen MR) is 88.9 cm³/mol. The molecule has 0 aromatic heterocycles. The average Bonchev–Trinajstić information content (AvgIpc) is 2.61. The fraction of sp³-hybridized carbons (Fsp3) is 0.294. The number of imide groups is 1. The van der Waals surface area contributed by atoms with Crippen LogP contribution in [0.5, 0.6) is 11.5 Å². The van der Waals surface area contributed by atoms with Crippen LogP contribution in [0.2, 0.25) is 0 Å². The molecule has 3 amide bonds. The molecule has 0 saturated heterocycles. The molecule has 0 bridgehead atoms. The second-order valence-corrected chi connectivity index (χ2v) is 5.32. The van der Waals surface area contributed by atoms with E-state index in [-0.39, 0.29) is 18.3 Å². The van der Waals surface area contributed by atoms with E-state index in [0.717, 1.165) is 10.5 Å². The Balaban J connectivity index is 1.74. The first-order valence-electron chi connectivity index (χ1n) is 7.49. The lowest BCUT2D eigenvalue weighted by molar-refractivity contribution is -0.129. The summed E-state index contributed by atoms with van der Waals surface area (Å²) in [6.45, 7) is 0.248. The molecule has 2 aliphatic rings. The Morgan fingerprint density at radius 2 is 1.96 bits per heavy atom. The molecule has 124 valence electrons. The number of fused-ring (bicyclic) bond motifs is 1.